The van der Waals surface area contributed by atoms with Crippen LogP contribution in [-0.2, 0) is 13.1 Å². The lowest BCUT2D eigenvalue weighted by molar-refractivity contribution is -0.274. The smallest absolute Gasteiger partial charge is 0.406 e. The molecule has 19 heavy (non-hydrogen) atoms. The lowest BCUT2D eigenvalue weighted by Gasteiger charge is -2.09. The summed E-state index contributed by atoms with van der Waals surface area (Å²) < 4.78 is 44.3. The molecule has 0 bridgehead atoms. The Labute approximate surface area is 107 Å². The Bertz CT molecular complexity index is 495. The molecule has 0 saturated carbocycles. The van der Waals surface area contributed by atoms with Gasteiger partial charge in [-0.2, -0.15) is 0 Å². The van der Waals surface area contributed by atoms with Gasteiger partial charge in [-0.05, 0) is 17.7 Å². The molecular weight excluding hydrogens is 261 g/mol. The van der Waals surface area contributed by atoms with Gasteiger partial charge in [0, 0.05) is 19.2 Å². The highest BCUT2D eigenvalue weighted by atomic mass is 19.4. The van der Waals surface area contributed by atoms with E-state index in [1.165, 1.54) is 18.4 Å². The normalized spacial score (nSPS) is 11.5. The van der Waals surface area contributed by atoms with Gasteiger partial charge in [-0.15, -0.1) is 13.2 Å². The minimum atomic E-state index is -4.66. The molecule has 0 aliphatic rings. The third-order valence-corrected chi connectivity index (χ3v) is 2.28. The highest BCUT2D eigenvalue weighted by Gasteiger charge is 2.30. The van der Waals surface area contributed by atoms with Crippen LogP contribution < -0.4 is 10.1 Å². The van der Waals surface area contributed by atoms with Gasteiger partial charge in [0.25, 0.3) is 0 Å². The highest BCUT2D eigenvalue weighted by Crippen LogP contribution is 2.22. The third kappa shape index (κ3) is 4.63. The number of nitrogens with zero attached hydrogens (tertiary/aromatic N) is 1. The van der Waals surface area contributed by atoms with Crippen LogP contribution in [0.2, 0.25) is 0 Å². The maximum Gasteiger partial charge on any atom is 0.573 e. The summed E-state index contributed by atoms with van der Waals surface area (Å²) in [5, 5.41) is 6.81. The third-order valence-electron chi connectivity index (χ3n) is 2.28. The number of alkyl halides is 3. The summed E-state index contributed by atoms with van der Waals surface area (Å²) in [5.74, 6) is -0.229. The molecule has 0 atom stereocenters. The average molecular weight is 272 g/mol. The Balaban J connectivity index is 1.81. The van der Waals surface area contributed by atoms with Crippen molar-refractivity contribution < 1.29 is 22.4 Å². The van der Waals surface area contributed by atoms with Crippen molar-refractivity contribution in [2.45, 2.75) is 19.5 Å². The van der Waals surface area contributed by atoms with Crippen LogP contribution in [0.3, 0.4) is 0 Å². The van der Waals surface area contributed by atoms with Gasteiger partial charge in [0.2, 0.25) is 0 Å². The van der Waals surface area contributed by atoms with E-state index in [9.17, 15) is 13.2 Å². The average Bonchev–Trinajstić information content (AvgIpc) is 2.82. The number of aromatic nitrogens is 1. The number of benzene rings is 1. The van der Waals surface area contributed by atoms with Crippen molar-refractivity contribution in [1.29, 1.82) is 0 Å². The first-order chi connectivity index (χ1) is 9.03. The van der Waals surface area contributed by atoms with Crippen molar-refractivity contribution in [3.8, 4) is 5.75 Å². The number of nitrogens with one attached hydrogen (secondary N) is 1. The molecule has 1 N–H and O–H groups in total. The zero-order valence-electron chi connectivity index (χ0n) is 9.78. The first kappa shape index (κ1) is 13.4. The molecule has 4 nitrogen and oxygen atoms in total. The fourth-order valence-electron chi connectivity index (χ4n) is 1.47. The molecule has 1 aromatic carbocycles. The van der Waals surface area contributed by atoms with Gasteiger partial charge < -0.3 is 14.6 Å². The van der Waals surface area contributed by atoms with Crippen LogP contribution in [-0.4, -0.2) is 11.5 Å². The van der Waals surface area contributed by atoms with E-state index >= 15 is 0 Å². The fraction of sp³-hybridized carbons (Fsp3) is 0.250. The molecule has 0 saturated heterocycles. The quantitative estimate of drug-likeness (QED) is 0.909. The van der Waals surface area contributed by atoms with Crippen molar-refractivity contribution in [2.75, 3.05) is 0 Å². The van der Waals surface area contributed by atoms with Gasteiger partial charge >= 0.3 is 6.36 Å². The molecule has 1 aromatic heterocycles. The number of rotatable bonds is 5. The maximum atomic E-state index is 12.0. The van der Waals surface area contributed by atoms with E-state index in [1.54, 1.807) is 18.2 Å². The van der Waals surface area contributed by atoms with Crippen molar-refractivity contribution in [1.82, 2.24) is 10.5 Å². The van der Waals surface area contributed by atoms with Gasteiger partial charge in [-0.1, -0.05) is 17.3 Å². The number of halogens is 3. The van der Waals surface area contributed by atoms with E-state index in [2.05, 4.69) is 19.7 Å². The predicted octanol–water partition coefficient (Wildman–Crippen LogP) is 2.86. The second-order valence-corrected chi connectivity index (χ2v) is 3.79. The Morgan fingerprint density at radius 1 is 1.11 bits per heavy atom. The van der Waals surface area contributed by atoms with Gasteiger partial charge in [0.15, 0.2) is 0 Å². The minimum Gasteiger partial charge on any atom is -0.406 e. The van der Waals surface area contributed by atoms with Crippen molar-refractivity contribution in [3.63, 3.8) is 0 Å². The summed E-state index contributed by atoms with van der Waals surface area (Å²) >= 11 is 0. The van der Waals surface area contributed by atoms with Crippen LogP contribution in [0.15, 0.2) is 41.1 Å². The summed E-state index contributed by atoms with van der Waals surface area (Å²) in [5.41, 5.74) is 1.61. The Morgan fingerprint density at radius 3 is 2.42 bits per heavy atom. The number of ether oxygens (including phenoxy) is 1. The lowest BCUT2D eigenvalue weighted by atomic mass is 10.2. The van der Waals surface area contributed by atoms with Crippen molar-refractivity contribution in [3.05, 3.63) is 47.9 Å². The molecule has 0 aliphatic heterocycles. The fourth-order valence-corrected chi connectivity index (χ4v) is 1.47. The monoisotopic (exact) mass is 272 g/mol. The Hall–Kier alpha value is -2.02. The molecule has 0 aliphatic carbocycles. The number of hydrogen-bond acceptors (Lipinski definition) is 4. The van der Waals surface area contributed by atoms with E-state index in [1.807, 2.05) is 0 Å². The zero-order chi connectivity index (χ0) is 13.7. The zero-order valence-corrected chi connectivity index (χ0v) is 9.78. The molecule has 0 radical (unpaired) electrons. The van der Waals surface area contributed by atoms with Gasteiger partial charge in [0.1, 0.15) is 12.0 Å². The van der Waals surface area contributed by atoms with Gasteiger partial charge in [0.05, 0.1) is 5.69 Å². The van der Waals surface area contributed by atoms with Crippen molar-refractivity contribution >= 4 is 0 Å². The van der Waals surface area contributed by atoms with E-state index < -0.39 is 6.36 Å². The first-order valence-corrected chi connectivity index (χ1v) is 5.47. The second kappa shape index (κ2) is 5.75. The lowest BCUT2D eigenvalue weighted by Crippen LogP contribution is -2.17. The van der Waals surface area contributed by atoms with Crippen LogP contribution in [0.25, 0.3) is 0 Å². The molecule has 2 aromatic rings. The summed E-state index contributed by atoms with van der Waals surface area (Å²) in [7, 11) is 0. The van der Waals surface area contributed by atoms with Crippen LogP contribution in [0.5, 0.6) is 5.75 Å². The number of hydrogen-bond donors (Lipinski definition) is 1. The van der Waals surface area contributed by atoms with Gasteiger partial charge in [-0.25, -0.2) is 0 Å². The van der Waals surface area contributed by atoms with Crippen LogP contribution in [0.4, 0.5) is 13.2 Å². The molecule has 0 spiro atoms. The molecule has 1 heterocycles. The summed E-state index contributed by atoms with van der Waals surface area (Å²) in [6.07, 6.45) is -3.19. The first-order valence-electron chi connectivity index (χ1n) is 5.47. The van der Waals surface area contributed by atoms with Crippen LogP contribution in [0.1, 0.15) is 11.3 Å². The molecule has 7 heteroatoms. The van der Waals surface area contributed by atoms with Crippen molar-refractivity contribution in [2.24, 2.45) is 0 Å². The maximum absolute atomic E-state index is 12.0. The van der Waals surface area contributed by atoms with E-state index in [0.29, 0.717) is 13.1 Å². The molecule has 0 fully saturated rings. The summed E-state index contributed by atoms with van der Waals surface area (Å²) in [6, 6.07) is 7.42. The van der Waals surface area contributed by atoms with Crippen LogP contribution >= 0.6 is 0 Å². The summed E-state index contributed by atoms with van der Waals surface area (Å²) in [4.78, 5) is 0. The molecule has 0 unspecified atom stereocenters. The Morgan fingerprint density at radius 2 is 1.84 bits per heavy atom. The second-order valence-electron chi connectivity index (χ2n) is 3.79. The Kier molecular flexibility index (Phi) is 4.06. The highest BCUT2D eigenvalue weighted by molar-refractivity contribution is 5.27. The molecule has 2 rings (SSSR count). The SMILES string of the molecule is FC(F)(F)Oc1ccc(CNCc2ccon2)cc1. The van der Waals surface area contributed by atoms with E-state index in [0.717, 1.165) is 11.3 Å². The van der Waals surface area contributed by atoms with E-state index in [-0.39, 0.29) is 5.75 Å². The van der Waals surface area contributed by atoms with Gasteiger partial charge in [-0.3, -0.25) is 0 Å². The van der Waals surface area contributed by atoms with E-state index in [4.69, 9.17) is 0 Å². The molecule has 0 amide bonds. The molecular formula is C12H11F3N2O2. The van der Waals surface area contributed by atoms with Crippen LogP contribution in [0, 0.1) is 0 Å². The molecule has 102 valence electrons. The minimum absolute atomic E-state index is 0.229. The summed E-state index contributed by atoms with van der Waals surface area (Å²) in [6.45, 7) is 1.04. The largest absolute Gasteiger partial charge is 0.573 e. The predicted molar refractivity (Wildman–Crippen MR) is 60.2 cm³/mol. The standard InChI is InChI=1S/C12H11F3N2O2/c13-12(14,15)19-11-3-1-9(2-4-11)7-16-8-10-5-6-18-17-10/h1-6,16H,7-8H2. The topological polar surface area (TPSA) is 47.3 Å².